The van der Waals surface area contributed by atoms with E-state index in [0.29, 0.717) is 0 Å². The Hall–Kier alpha value is 1.09. The molecule has 0 heterocycles. The van der Waals surface area contributed by atoms with E-state index in [1.54, 1.807) is 5.54 Å². The Labute approximate surface area is 115 Å². The fraction of sp³-hybridized carbons (Fsp3) is 0.818. The topological polar surface area (TPSA) is 0 Å². The van der Waals surface area contributed by atoms with Crippen molar-refractivity contribution in [2.45, 2.75) is 37.4 Å². The van der Waals surface area contributed by atoms with Crippen molar-refractivity contribution in [1.82, 2.24) is 0 Å². The Morgan fingerprint density at radius 2 is 1.93 bits per heavy atom. The molecule has 1 rings (SSSR count). The van der Waals surface area contributed by atoms with Gasteiger partial charge in [-0.25, -0.2) is 0 Å². The Kier molecular flexibility index (Phi) is 4.87. The molecule has 0 bridgehead atoms. The van der Waals surface area contributed by atoms with E-state index in [1.165, 1.54) is 0 Å². The van der Waals surface area contributed by atoms with Crippen LogP contribution in [0.2, 0.25) is 0 Å². The molecule has 1 aliphatic carbocycles. The number of allylic oxidation sites excluding steroid dienone is 1. The maximum absolute atomic E-state index is 6.37. The molecule has 0 aromatic rings. The van der Waals surface area contributed by atoms with E-state index in [1.807, 2.05) is 6.08 Å². The zero-order valence-corrected chi connectivity index (χ0v) is 12.8. The van der Waals surface area contributed by atoms with Gasteiger partial charge in [0, 0.05) is 27.0 Å². The van der Waals surface area contributed by atoms with Crippen molar-refractivity contribution >= 4 is 50.7 Å². The van der Waals surface area contributed by atoms with Crippen molar-refractivity contribution in [1.29, 1.82) is 0 Å². The van der Waals surface area contributed by atoms with E-state index in [2.05, 4.69) is 29.8 Å². The molecule has 1 saturated carbocycles. The lowest BCUT2D eigenvalue weighted by molar-refractivity contribution is 0.154. The first-order valence-electron chi connectivity index (χ1n) is 5.00. The van der Waals surface area contributed by atoms with Crippen molar-refractivity contribution < 1.29 is 0 Å². The van der Waals surface area contributed by atoms with Crippen LogP contribution in [0.25, 0.3) is 0 Å². The lowest BCUT2D eigenvalue weighted by Gasteiger charge is -2.48. The van der Waals surface area contributed by atoms with Gasteiger partial charge in [-0.15, -0.1) is 23.2 Å². The Bertz CT molecular complexity index is 256. The van der Waals surface area contributed by atoms with Gasteiger partial charge in [-0.3, -0.25) is 0 Å². The Balaban J connectivity index is 2.94. The predicted molar refractivity (Wildman–Crippen MR) is 73.5 cm³/mol. The van der Waals surface area contributed by atoms with Crippen molar-refractivity contribution in [2.75, 3.05) is 5.33 Å². The molecule has 0 spiro atoms. The Morgan fingerprint density at radius 1 is 1.33 bits per heavy atom. The van der Waals surface area contributed by atoms with Gasteiger partial charge < -0.3 is 0 Å². The van der Waals surface area contributed by atoms with Crippen LogP contribution in [0, 0.1) is 10.8 Å². The normalized spacial score (nSPS) is 47.3. The molecule has 4 unspecified atom stereocenters. The molecule has 0 nitrogen and oxygen atoms in total. The maximum Gasteiger partial charge on any atom is 0.0439 e. The predicted octanol–water partition coefficient (Wildman–Crippen LogP) is 5.16. The summed E-state index contributed by atoms with van der Waals surface area (Å²) in [7, 11) is 0. The lowest BCUT2D eigenvalue weighted by Crippen LogP contribution is -2.46. The molecule has 0 aromatic heterocycles. The SMILES string of the molecule is CC1(/C=C/Cl)CC(C)(CBr)C(Cl)CC1Cl. The monoisotopic (exact) mass is 332 g/mol. The second kappa shape index (κ2) is 5.16. The van der Waals surface area contributed by atoms with Gasteiger partial charge in [-0.1, -0.05) is 47.5 Å². The summed E-state index contributed by atoms with van der Waals surface area (Å²) in [6.07, 6.45) is 3.77. The second-order valence-corrected chi connectivity index (χ2v) is 6.80. The number of hydrogen-bond donors (Lipinski definition) is 0. The largest absolute Gasteiger partial charge is 0.122 e. The number of alkyl halides is 3. The fourth-order valence-corrected chi connectivity index (χ4v) is 4.08. The van der Waals surface area contributed by atoms with Crippen LogP contribution in [0.15, 0.2) is 11.6 Å². The second-order valence-electron chi connectivity index (χ2n) is 4.93. The van der Waals surface area contributed by atoms with Crippen LogP contribution >= 0.6 is 50.7 Å². The van der Waals surface area contributed by atoms with Crippen LogP contribution in [0.5, 0.6) is 0 Å². The van der Waals surface area contributed by atoms with Crippen molar-refractivity contribution in [3.8, 4) is 0 Å². The van der Waals surface area contributed by atoms with E-state index in [9.17, 15) is 0 Å². The molecule has 0 aliphatic heterocycles. The lowest BCUT2D eigenvalue weighted by atomic mass is 9.64. The summed E-state index contributed by atoms with van der Waals surface area (Å²) in [5.41, 5.74) is 1.59. The van der Waals surface area contributed by atoms with Crippen LogP contribution in [0.3, 0.4) is 0 Å². The summed E-state index contributed by atoms with van der Waals surface area (Å²) in [4.78, 5) is 0. The molecular formula is C11H16BrCl3. The number of rotatable bonds is 2. The van der Waals surface area contributed by atoms with E-state index in [4.69, 9.17) is 34.8 Å². The summed E-state index contributed by atoms with van der Waals surface area (Å²) in [5, 5.41) is 1.07. The highest BCUT2D eigenvalue weighted by Crippen LogP contribution is 2.52. The minimum atomic E-state index is -0.0583. The molecule has 0 aromatic carbocycles. The standard InChI is InChI=1S/C11H16BrCl3/c1-10(3-4-13)6-11(2,7-12)9(15)5-8(10)14/h3-4,8-9H,5-7H2,1-2H3/b4-3+. The van der Waals surface area contributed by atoms with Crippen LogP contribution in [-0.4, -0.2) is 16.1 Å². The number of halogens is 4. The molecule has 0 N–H and O–H groups in total. The summed E-state index contributed by atoms with van der Waals surface area (Å²) in [6, 6.07) is 0. The van der Waals surface area contributed by atoms with Crippen molar-refractivity contribution in [3.63, 3.8) is 0 Å². The summed E-state index contributed by atoms with van der Waals surface area (Å²) in [6.45, 7) is 4.34. The van der Waals surface area contributed by atoms with Crippen molar-refractivity contribution in [3.05, 3.63) is 11.6 Å². The van der Waals surface area contributed by atoms with Gasteiger partial charge in [0.2, 0.25) is 0 Å². The highest BCUT2D eigenvalue weighted by Gasteiger charge is 2.47. The van der Waals surface area contributed by atoms with Crippen LogP contribution in [0.1, 0.15) is 26.7 Å². The van der Waals surface area contributed by atoms with Gasteiger partial charge >= 0.3 is 0 Å². The molecule has 88 valence electrons. The van der Waals surface area contributed by atoms with Crippen LogP contribution in [0.4, 0.5) is 0 Å². The molecule has 0 saturated heterocycles. The van der Waals surface area contributed by atoms with Gasteiger partial charge in [0.25, 0.3) is 0 Å². The maximum atomic E-state index is 6.37. The zero-order chi connectivity index (χ0) is 11.7. The van der Waals surface area contributed by atoms with E-state index < -0.39 is 0 Å². The van der Waals surface area contributed by atoms with Crippen molar-refractivity contribution in [2.24, 2.45) is 10.8 Å². The van der Waals surface area contributed by atoms with Gasteiger partial charge in [0.1, 0.15) is 0 Å². The first-order chi connectivity index (χ1) is 6.88. The van der Waals surface area contributed by atoms with Crippen LogP contribution < -0.4 is 0 Å². The van der Waals surface area contributed by atoms with E-state index in [0.717, 1.165) is 18.2 Å². The smallest absolute Gasteiger partial charge is 0.0439 e. The molecule has 0 radical (unpaired) electrons. The third kappa shape index (κ3) is 2.86. The molecule has 4 heteroatoms. The molecule has 1 fully saturated rings. The minimum absolute atomic E-state index is 0.0575. The molecule has 0 amide bonds. The average molecular weight is 335 g/mol. The zero-order valence-electron chi connectivity index (χ0n) is 8.94. The molecule has 4 atom stereocenters. The fourth-order valence-electron chi connectivity index (χ4n) is 2.27. The summed E-state index contributed by atoms with van der Waals surface area (Å²) < 4.78 is 0. The van der Waals surface area contributed by atoms with E-state index >= 15 is 0 Å². The summed E-state index contributed by atoms with van der Waals surface area (Å²) in [5.74, 6) is 0. The van der Waals surface area contributed by atoms with Gasteiger partial charge in [-0.2, -0.15) is 0 Å². The first kappa shape index (κ1) is 14.2. The van der Waals surface area contributed by atoms with Gasteiger partial charge in [-0.05, 0) is 18.3 Å². The van der Waals surface area contributed by atoms with Gasteiger partial charge in [0.15, 0.2) is 0 Å². The molecule has 15 heavy (non-hydrogen) atoms. The minimum Gasteiger partial charge on any atom is -0.122 e. The highest BCUT2D eigenvalue weighted by molar-refractivity contribution is 9.09. The third-order valence-electron chi connectivity index (χ3n) is 3.42. The summed E-state index contributed by atoms with van der Waals surface area (Å²) >= 11 is 22.0. The first-order valence-corrected chi connectivity index (χ1v) is 7.43. The van der Waals surface area contributed by atoms with Gasteiger partial charge in [0.05, 0.1) is 0 Å². The molecule has 1 aliphatic rings. The number of hydrogen-bond acceptors (Lipinski definition) is 0. The van der Waals surface area contributed by atoms with Crippen LogP contribution in [-0.2, 0) is 0 Å². The van der Waals surface area contributed by atoms with E-state index in [-0.39, 0.29) is 21.6 Å². The quantitative estimate of drug-likeness (QED) is 0.612. The Morgan fingerprint density at radius 3 is 2.40 bits per heavy atom. The third-order valence-corrected chi connectivity index (χ3v) is 6.21. The highest BCUT2D eigenvalue weighted by atomic mass is 79.9. The average Bonchev–Trinajstić information content (AvgIpc) is 2.15. The molecular weight excluding hydrogens is 318 g/mol.